The molecule has 2 fully saturated rings. The summed E-state index contributed by atoms with van der Waals surface area (Å²) in [6.07, 6.45) is 3.98. The molecule has 0 aromatic heterocycles. The second-order valence-electron chi connectivity index (χ2n) is 9.49. The Morgan fingerprint density at radius 3 is 2.31 bits per heavy atom. The third-order valence-electron chi connectivity index (χ3n) is 7.41. The van der Waals surface area contributed by atoms with Gasteiger partial charge in [-0.3, -0.25) is 14.4 Å². The number of imide groups is 1. The number of amides is 2. The summed E-state index contributed by atoms with van der Waals surface area (Å²) in [5.74, 6) is -2.08. The van der Waals surface area contributed by atoms with Crippen molar-refractivity contribution in [2.24, 2.45) is 11.8 Å². The standard InChI is InChI=1S/C29H23BrN2O3/c1-16-7-13-21(17(2)15-16)32-28(34)24-23-14-10-18-5-3-4-6-22(18)31(23)26(25(24)29(32)35)27(33)19-8-11-20(30)12-9-19/h3-15,23-26H,1-2H3/t23-,24+,25-,26+/m1/s1. The van der Waals surface area contributed by atoms with Crippen molar-refractivity contribution in [2.75, 3.05) is 9.80 Å². The molecule has 3 aliphatic rings. The smallest absolute Gasteiger partial charge is 0.240 e. The van der Waals surface area contributed by atoms with Crippen LogP contribution in [0.25, 0.3) is 6.08 Å². The van der Waals surface area contributed by atoms with Gasteiger partial charge in [0.1, 0.15) is 6.04 Å². The summed E-state index contributed by atoms with van der Waals surface area (Å²) in [5, 5.41) is 0. The topological polar surface area (TPSA) is 57.7 Å². The van der Waals surface area contributed by atoms with E-state index < -0.39 is 17.9 Å². The monoisotopic (exact) mass is 526 g/mol. The highest BCUT2D eigenvalue weighted by molar-refractivity contribution is 9.10. The summed E-state index contributed by atoms with van der Waals surface area (Å²) in [5.41, 5.74) is 4.90. The fraction of sp³-hybridized carbons (Fsp3) is 0.207. The zero-order valence-corrected chi connectivity index (χ0v) is 20.9. The Labute approximate surface area is 212 Å². The van der Waals surface area contributed by atoms with Crippen molar-refractivity contribution < 1.29 is 14.4 Å². The SMILES string of the molecule is Cc1ccc(N2C(=O)[C@@H]3[C@@H](C2=O)[C@@H](C(=O)c2ccc(Br)cc2)N2c4ccccc4C=C[C@H]32)c(C)c1. The molecule has 0 bridgehead atoms. The number of anilines is 2. The van der Waals surface area contributed by atoms with Crippen LogP contribution in [0.1, 0.15) is 27.0 Å². The van der Waals surface area contributed by atoms with Gasteiger partial charge in [0.25, 0.3) is 0 Å². The van der Waals surface area contributed by atoms with E-state index in [1.165, 1.54) is 4.90 Å². The van der Waals surface area contributed by atoms with Crippen LogP contribution in [0.5, 0.6) is 0 Å². The van der Waals surface area contributed by atoms with E-state index >= 15 is 0 Å². The molecule has 35 heavy (non-hydrogen) atoms. The summed E-state index contributed by atoms with van der Waals surface area (Å²) >= 11 is 3.43. The molecule has 2 saturated heterocycles. The quantitative estimate of drug-likeness (QED) is 0.341. The van der Waals surface area contributed by atoms with E-state index in [0.717, 1.165) is 26.9 Å². The maximum absolute atomic E-state index is 14.0. The molecule has 0 saturated carbocycles. The van der Waals surface area contributed by atoms with E-state index in [2.05, 4.69) is 15.9 Å². The molecule has 4 atom stereocenters. The highest BCUT2D eigenvalue weighted by Crippen LogP contribution is 2.50. The minimum absolute atomic E-state index is 0.149. The van der Waals surface area contributed by atoms with Crippen LogP contribution in [0.15, 0.2) is 77.3 Å². The Kier molecular flexibility index (Phi) is 5.04. The number of hydrogen-bond acceptors (Lipinski definition) is 4. The Morgan fingerprint density at radius 1 is 0.857 bits per heavy atom. The van der Waals surface area contributed by atoms with Crippen LogP contribution in [0, 0.1) is 25.7 Å². The Bertz CT molecular complexity index is 1430. The summed E-state index contributed by atoms with van der Waals surface area (Å²) in [7, 11) is 0. The number of benzene rings is 3. The highest BCUT2D eigenvalue weighted by atomic mass is 79.9. The minimum Gasteiger partial charge on any atom is -0.352 e. The normalized spacial score (nSPS) is 24.4. The zero-order chi connectivity index (χ0) is 24.4. The van der Waals surface area contributed by atoms with Gasteiger partial charge in [-0.25, -0.2) is 4.90 Å². The first-order valence-electron chi connectivity index (χ1n) is 11.7. The summed E-state index contributed by atoms with van der Waals surface area (Å²) < 4.78 is 0.871. The predicted octanol–water partition coefficient (Wildman–Crippen LogP) is 5.34. The van der Waals surface area contributed by atoms with E-state index in [4.69, 9.17) is 0 Å². The average molecular weight is 527 g/mol. The van der Waals surface area contributed by atoms with Crippen LogP contribution < -0.4 is 9.80 Å². The van der Waals surface area contributed by atoms with Crippen molar-refractivity contribution in [3.05, 3.63) is 99.5 Å². The second-order valence-corrected chi connectivity index (χ2v) is 10.4. The lowest BCUT2D eigenvalue weighted by atomic mass is 9.86. The van der Waals surface area contributed by atoms with Gasteiger partial charge in [-0.05, 0) is 49.2 Å². The number of Topliss-reactive ketones (excluding diaryl/α,β-unsaturated/α-hetero) is 1. The van der Waals surface area contributed by atoms with Gasteiger partial charge >= 0.3 is 0 Å². The first-order valence-corrected chi connectivity index (χ1v) is 12.5. The molecule has 0 N–H and O–H groups in total. The molecule has 3 heterocycles. The van der Waals surface area contributed by atoms with Gasteiger partial charge in [0.15, 0.2) is 5.78 Å². The molecule has 174 valence electrons. The lowest BCUT2D eigenvalue weighted by molar-refractivity contribution is -0.122. The Balaban J connectivity index is 1.50. The lowest BCUT2D eigenvalue weighted by Crippen LogP contribution is -2.49. The number of fused-ring (bicyclic) bond motifs is 5. The van der Waals surface area contributed by atoms with Gasteiger partial charge in [0, 0.05) is 15.7 Å². The van der Waals surface area contributed by atoms with Crippen LogP contribution in [-0.4, -0.2) is 29.7 Å². The highest BCUT2D eigenvalue weighted by Gasteiger charge is 2.64. The molecule has 2 amide bonds. The van der Waals surface area contributed by atoms with Crippen molar-refractivity contribution in [3.8, 4) is 0 Å². The molecule has 0 unspecified atom stereocenters. The van der Waals surface area contributed by atoms with E-state index in [1.54, 1.807) is 12.1 Å². The van der Waals surface area contributed by atoms with Gasteiger partial charge in [0.05, 0.1) is 23.6 Å². The molecule has 0 aliphatic carbocycles. The molecular formula is C29H23BrN2O3. The van der Waals surface area contributed by atoms with Gasteiger partial charge in [0.2, 0.25) is 11.8 Å². The van der Waals surface area contributed by atoms with Crippen LogP contribution in [0.3, 0.4) is 0 Å². The zero-order valence-electron chi connectivity index (χ0n) is 19.3. The van der Waals surface area contributed by atoms with Crippen LogP contribution >= 0.6 is 15.9 Å². The lowest BCUT2D eigenvalue weighted by Gasteiger charge is -2.36. The Morgan fingerprint density at radius 2 is 1.57 bits per heavy atom. The van der Waals surface area contributed by atoms with Crippen LogP contribution in [0.4, 0.5) is 11.4 Å². The second kappa shape index (κ2) is 8.02. The predicted molar refractivity (Wildman–Crippen MR) is 139 cm³/mol. The van der Waals surface area contributed by atoms with E-state index in [0.29, 0.717) is 11.3 Å². The number of halogens is 1. The summed E-state index contributed by atoms with van der Waals surface area (Å²) in [6, 6.07) is 19.6. The van der Waals surface area contributed by atoms with Gasteiger partial charge in [-0.2, -0.15) is 0 Å². The average Bonchev–Trinajstić information content (AvgIpc) is 3.32. The molecule has 3 aliphatic heterocycles. The number of carbonyl (C=O) groups is 3. The van der Waals surface area contributed by atoms with E-state index in [-0.39, 0.29) is 23.6 Å². The first kappa shape index (κ1) is 22.0. The number of carbonyl (C=O) groups excluding carboxylic acids is 3. The molecule has 6 rings (SSSR count). The molecular weight excluding hydrogens is 504 g/mol. The summed E-state index contributed by atoms with van der Waals surface area (Å²) in [4.78, 5) is 45.2. The van der Waals surface area contributed by atoms with Gasteiger partial charge < -0.3 is 4.90 Å². The number of hydrogen-bond donors (Lipinski definition) is 0. The molecule has 3 aromatic rings. The molecule has 0 spiro atoms. The van der Waals surface area contributed by atoms with Crippen molar-refractivity contribution in [3.63, 3.8) is 0 Å². The van der Waals surface area contributed by atoms with Crippen molar-refractivity contribution in [1.29, 1.82) is 0 Å². The van der Waals surface area contributed by atoms with Gasteiger partial charge in [-0.15, -0.1) is 0 Å². The molecule has 0 radical (unpaired) electrons. The van der Waals surface area contributed by atoms with E-state index in [1.807, 2.05) is 85.5 Å². The number of aryl methyl sites for hydroxylation is 2. The fourth-order valence-corrected chi connectivity index (χ4v) is 6.16. The van der Waals surface area contributed by atoms with Gasteiger partial charge in [-0.1, -0.05) is 76.1 Å². The van der Waals surface area contributed by atoms with Crippen molar-refractivity contribution in [2.45, 2.75) is 25.9 Å². The molecule has 3 aromatic carbocycles. The maximum Gasteiger partial charge on any atom is 0.240 e. The number of nitrogens with zero attached hydrogens (tertiary/aromatic N) is 2. The number of para-hydroxylation sites is 1. The fourth-order valence-electron chi connectivity index (χ4n) is 5.89. The third kappa shape index (κ3) is 3.23. The van der Waals surface area contributed by atoms with E-state index in [9.17, 15) is 14.4 Å². The summed E-state index contributed by atoms with van der Waals surface area (Å²) in [6.45, 7) is 3.89. The van der Waals surface area contributed by atoms with Crippen molar-refractivity contribution >= 4 is 51.0 Å². The van der Waals surface area contributed by atoms with Crippen LogP contribution in [0.2, 0.25) is 0 Å². The number of rotatable bonds is 3. The van der Waals surface area contributed by atoms with Crippen LogP contribution in [-0.2, 0) is 9.59 Å². The van der Waals surface area contributed by atoms with Crippen molar-refractivity contribution in [1.82, 2.24) is 0 Å². The third-order valence-corrected chi connectivity index (χ3v) is 7.93. The maximum atomic E-state index is 14.0. The molecule has 6 heteroatoms. The minimum atomic E-state index is -0.774. The first-order chi connectivity index (χ1) is 16.9. The number of ketones is 1. The molecule has 5 nitrogen and oxygen atoms in total. The Hall–Kier alpha value is -3.51. The largest absolute Gasteiger partial charge is 0.352 e.